The number of benzene rings is 1. The first kappa shape index (κ1) is 19.5. The van der Waals surface area contributed by atoms with E-state index in [1.54, 1.807) is 0 Å². The summed E-state index contributed by atoms with van der Waals surface area (Å²) < 4.78 is 13.5. The molecule has 4 heterocycles. The first-order valence-corrected chi connectivity index (χ1v) is 11.0. The highest BCUT2D eigenvalue weighted by molar-refractivity contribution is 5.85. The molecular formula is C24H30N7+3. The molecule has 0 aliphatic carbocycles. The zero-order valence-electron chi connectivity index (χ0n) is 17.9. The summed E-state index contributed by atoms with van der Waals surface area (Å²) in [4.78, 5) is 5.01. The molecule has 1 aliphatic rings. The molecule has 158 valence electrons. The van der Waals surface area contributed by atoms with Gasteiger partial charge in [0.25, 0.3) is 0 Å². The van der Waals surface area contributed by atoms with Crippen LogP contribution in [0.4, 0.5) is 0 Å². The minimum atomic E-state index is 0.787. The molecule has 0 saturated heterocycles. The van der Waals surface area contributed by atoms with Crippen LogP contribution in [0, 0.1) is 0 Å². The molecule has 0 spiro atoms. The Bertz CT molecular complexity index is 1150. The van der Waals surface area contributed by atoms with E-state index in [1.165, 1.54) is 11.3 Å². The molecule has 4 aromatic rings. The Labute approximate surface area is 182 Å². The van der Waals surface area contributed by atoms with Gasteiger partial charge in [0.05, 0.1) is 12.3 Å². The molecule has 31 heavy (non-hydrogen) atoms. The lowest BCUT2D eigenvalue weighted by Crippen LogP contribution is -2.38. The topological polar surface area (TPSA) is 38.8 Å². The maximum absolute atomic E-state index is 5.01. The Morgan fingerprint density at radius 1 is 0.710 bits per heavy atom. The van der Waals surface area contributed by atoms with Crippen LogP contribution in [0.25, 0.3) is 0 Å². The largest absolute Gasteiger partial charge is 0.286 e. The molecule has 0 saturated carbocycles. The number of hydrogen-bond donors (Lipinski definition) is 0. The van der Waals surface area contributed by atoms with Gasteiger partial charge in [-0.05, 0) is 5.56 Å². The van der Waals surface area contributed by atoms with Gasteiger partial charge in [0.1, 0.15) is 76.4 Å². The Morgan fingerprint density at radius 3 is 2.06 bits per heavy atom. The number of nitrogens with zero attached hydrogens (tertiary/aromatic N) is 7. The molecular weight excluding hydrogens is 386 g/mol. The average molecular weight is 417 g/mol. The van der Waals surface area contributed by atoms with Gasteiger partial charge in [-0.2, -0.15) is 0 Å². The summed E-state index contributed by atoms with van der Waals surface area (Å²) in [6.45, 7) is 6.32. The van der Waals surface area contributed by atoms with Crippen LogP contribution in [0.5, 0.6) is 0 Å². The van der Waals surface area contributed by atoms with E-state index >= 15 is 0 Å². The fraction of sp³-hybridized carbons (Fsp3) is 0.333. The lowest BCUT2D eigenvalue weighted by atomic mass is 10.1. The van der Waals surface area contributed by atoms with Crippen molar-refractivity contribution in [2.45, 2.75) is 45.7 Å². The summed E-state index contributed by atoms with van der Waals surface area (Å²) in [6.07, 6.45) is 20.4. The van der Waals surface area contributed by atoms with Crippen LogP contribution in [0.3, 0.4) is 0 Å². The Balaban J connectivity index is 1.39. The van der Waals surface area contributed by atoms with E-state index in [-0.39, 0.29) is 0 Å². The SMILES string of the molecule is c1ccc(CC2=NCC[n+]3ccn(c3)CC[n+]3ccn(c3)CCn3cc[n+](c3)C2)cc1. The third kappa shape index (κ3) is 5.17. The van der Waals surface area contributed by atoms with Crippen LogP contribution in [0.15, 0.2) is 91.5 Å². The predicted octanol–water partition coefficient (Wildman–Crippen LogP) is 1.05. The highest BCUT2D eigenvalue weighted by Gasteiger charge is 2.12. The van der Waals surface area contributed by atoms with Gasteiger partial charge in [0.15, 0.2) is 0 Å². The molecule has 0 fully saturated rings. The maximum atomic E-state index is 5.01. The second kappa shape index (κ2) is 9.12. The van der Waals surface area contributed by atoms with Crippen molar-refractivity contribution in [1.29, 1.82) is 0 Å². The highest BCUT2D eigenvalue weighted by atomic mass is 15.2. The van der Waals surface area contributed by atoms with Crippen molar-refractivity contribution in [3.8, 4) is 0 Å². The molecule has 7 heteroatoms. The maximum Gasteiger partial charge on any atom is 0.244 e. The van der Waals surface area contributed by atoms with Crippen LogP contribution in [0.2, 0.25) is 0 Å². The van der Waals surface area contributed by atoms with Gasteiger partial charge in [0, 0.05) is 6.42 Å². The average Bonchev–Trinajstić information content (AvgIpc) is 3.52. The molecule has 0 radical (unpaired) electrons. The summed E-state index contributed by atoms with van der Waals surface area (Å²) in [5.41, 5.74) is 2.52. The van der Waals surface area contributed by atoms with Crippen molar-refractivity contribution in [2.24, 2.45) is 4.99 Å². The van der Waals surface area contributed by atoms with Gasteiger partial charge in [-0.3, -0.25) is 4.99 Å². The van der Waals surface area contributed by atoms with Gasteiger partial charge in [-0.1, -0.05) is 30.3 Å². The Hall–Kier alpha value is -3.48. The monoisotopic (exact) mass is 416 g/mol. The normalized spacial score (nSPS) is 15.2. The zero-order valence-corrected chi connectivity index (χ0v) is 17.9. The van der Waals surface area contributed by atoms with Crippen LogP contribution in [0.1, 0.15) is 5.56 Å². The van der Waals surface area contributed by atoms with E-state index in [0.717, 1.165) is 52.2 Å². The summed E-state index contributed by atoms with van der Waals surface area (Å²) in [7, 11) is 0. The number of aromatic nitrogens is 6. The van der Waals surface area contributed by atoms with Gasteiger partial charge in [-0.15, -0.1) is 0 Å². The van der Waals surface area contributed by atoms with Crippen LogP contribution in [-0.4, -0.2) is 26.0 Å². The fourth-order valence-electron chi connectivity index (χ4n) is 4.06. The molecule has 7 nitrogen and oxygen atoms in total. The Kier molecular flexibility index (Phi) is 5.73. The first-order chi connectivity index (χ1) is 15.3. The number of aryl methyl sites for hydroxylation is 4. The molecule has 5 rings (SSSR count). The third-order valence-corrected chi connectivity index (χ3v) is 5.78. The summed E-state index contributed by atoms with van der Waals surface area (Å²) in [5.74, 6) is 0. The fourth-order valence-corrected chi connectivity index (χ4v) is 4.06. The predicted molar refractivity (Wildman–Crippen MR) is 116 cm³/mol. The third-order valence-electron chi connectivity index (χ3n) is 5.78. The molecule has 1 aliphatic heterocycles. The van der Waals surface area contributed by atoms with E-state index in [1.807, 2.05) is 0 Å². The second-order valence-corrected chi connectivity index (χ2v) is 8.21. The lowest BCUT2D eigenvalue weighted by molar-refractivity contribution is -0.701. The van der Waals surface area contributed by atoms with E-state index in [2.05, 4.69) is 114 Å². The molecule has 0 N–H and O–H groups in total. The van der Waals surface area contributed by atoms with E-state index in [4.69, 9.17) is 4.99 Å². The molecule has 0 amide bonds. The molecule has 6 bridgehead atoms. The minimum Gasteiger partial charge on any atom is -0.286 e. The molecule has 0 atom stereocenters. The van der Waals surface area contributed by atoms with E-state index in [0.29, 0.717) is 0 Å². The highest BCUT2D eigenvalue weighted by Crippen LogP contribution is 2.02. The Morgan fingerprint density at radius 2 is 1.32 bits per heavy atom. The number of rotatable bonds is 2. The number of imidazole rings is 3. The van der Waals surface area contributed by atoms with Crippen LogP contribution in [-0.2, 0) is 45.7 Å². The van der Waals surface area contributed by atoms with Gasteiger partial charge in [-0.25, -0.2) is 27.4 Å². The van der Waals surface area contributed by atoms with Crippen LogP contribution >= 0.6 is 0 Å². The van der Waals surface area contributed by atoms with Crippen molar-refractivity contribution in [3.63, 3.8) is 0 Å². The smallest absolute Gasteiger partial charge is 0.244 e. The van der Waals surface area contributed by atoms with Crippen molar-refractivity contribution in [1.82, 2.24) is 13.7 Å². The van der Waals surface area contributed by atoms with Crippen LogP contribution < -0.4 is 13.7 Å². The molecule has 1 aromatic carbocycles. The van der Waals surface area contributed by atoms with Crippen molar-refractivity contribution < 1.29 is 13.7 Å². The van der Waals surface area contributed by atoms with Crippen molar-refractivity contribution in [2.75, 3.05) is 6.54 Å². The quantitative estimate of drug-likeness (QED) is 0.439. The number of fused-ring (bicyclic) bond motifs is 6. The first-order valence-electron chi connectivity index (χ1n) is 11.0. The van der Waals surface area contributed by atoms with E-state index < -0.39 is 0 Å². The lowest BCUT2D eigenvalue weighted by Gasteiger charge is -2.05. The summed E-state index contributed by atoms with van der Waals surface area (Å²) >= 11 is 0. The zero-order chi connectivity index (χ0) is 20.9. The minimum absolute atomic E-state index is 0.787. The van der Waals surface area contributed by atoms with Gasteiger partial charge < -0.3 is 0 Å². The van der Waals surface area contributed by atoms with Gasteiger partial charge in [0.2, 0.25) is 19.0 Å². The molecule has 3 aromatic heterocycles. The van der Waals surface area contributed by atoms with Gasteiger partial charge >= 0.3 is 0 Å². The number of aliphatic imine (C=N–C) groups is 1. The van der Waals surface area contributed by atoms with E-state index in [9.17, 15) is 0 Å². The van der Waals surface area contributed by atoms with Crippen molar-refractivity contribution >= 4 is 5.71 Å². The number of hydrogen-bond acceptors (Lipinski definition) is 1. The second-order valence-electron chi connectivity index (χ2n) is 8.21. The standard InChI is InChI=1S/C24H30N7/c1-2-4-23(5-3-1)18-24-19-31-17-16-30(22-31)15-14-29-13-12-28(21-29)11-10-27-9-8-26(20-27)7-6-25-24/h1-5,8-9,12-13,16-17,20-22H,6-7,10-11,14-15,18-19H2/q+3. The van der Waals surface area contributed by atoms with Crippen molar-refractivity contribution in [3.05, 3.63) is 92.1 Å². The molecule has 0 unspecified atom stereocenters. The summed E-state index contributed by atoms with van der Waals surface area (Å²) in [6, 6.07) is 10.6. The summed E-state index contributed by atoms with van der Waals surface area (Å²) in [5, 5.41) is 0.